The molecule has 2 aliphatic heterocycles. The van der Waals surface area contributed by atoms with E-state index in [0.717, 1.165) is 11.1 Å². The van der Waals surface area contributed by atoms with Crippen LogP contribution in [0.1, 0.15) is 50.3 Å². The Kier molecular flexibility index (Phi) is 5.75. The van der Waals surface area contributed by atoms with Gasteiger partial charge >= 0.3 is 5.97 Å². The van der Waals surface area contributed by atoms with Gasteiger partial charge < -0.3 is 15.8 Å². The Hall–Kier alpha value is -3.58. The van der Waals surface area contributed by atoms with Gasteiger partial charge in [-0.2, -0.15) is 0 Å². The number of benzene rings is 2. The SMILES string of the molecule is CCOC(=O)C1=C(N)N(c2cc(Cl)ccc2C)C2=C(C(=O)CC(C)(C)C2)C12C(=O)Nc1ccc(C)cc12. The lowest BCUT2D eigenvalue weighted by Crippen LogP contribution is -2.54. The largest absolute Gasteiger partial charge is 0.462 e. The van der Waals surface area contributed by atoms with E-state index < -0.39 is 22.7 Å². The maximum Gasteiger partial charge on any atom is 0.339 e. The number of amides is 1. The van der Waals surface area contributed by atoms with E-state index in [4.69, 9.17) is 22.1 Å². The zero-order valence-corrected chi connectivity index (χ0v) is 22.4. The lowest BCUT2D eigenvalue weighted by molar-refractivity contribution is -0.140. The Morgan fingerprint density at radius 2 is 1.86 bits per heavy atom. The molecule has 0 aromatic heterocycles. The summed E-state index contributed by atoms with van der Waals surface area (Å²) in [5.41, 5.74) is 9.05. The molecule has 192 valence electrons. The number of ether oxygens (including phenoxy) is 1. The van der Waals surface area contributed by atoms with E-state index in [1.807, 2.05) is 45.9 Å². The topological polar surface area (TPSA) is 102 Å². The van der Waals surface area contributed by atoms with Crippen molar-refractivity contribution in [1.82, 2.24) is 0 Å². The molecule has 1 spiro atoms. The molecule has 3 aliphatic rings. The minimum absolute atomic E-state index is 0.0533. The van der Waals surface area contributed by atoms with Gasteiger partial charge in [0.25, 0.3) is 0 Å². The average molecular weight is 520 g/mol. The zero-order valence-electron chi connectivity index (χ0n) is 21.6. The zero-order chi connectivity index (χ0) is 26.9. The second-order valence-corrected chi connectivity index (χ2v) is 11.2. The summed E-state index contributed by atoms with van der Waals surface area (Å²) in [6.07, 6.45) is 0.688. The third kappa shape index (κ3) is 3.59. The second kappa shape index (κ2) is 8.48. The Labute approximate surface area is 221 Å². The molecule has 8 heteroatoms. The lowest BCUT2D eigenvalue weighted by atomic mass is 9.60. The predicted octanol–water partition coefficient (Wildman–Crippen LogP) is 5.04. The third-order valence-corrected chi connectivity index (χ3v) is 7.66. The lowest BCUT2D eigenvalue weighted by Gasteiger charge is -2.47. The van der Waals surface area contributed by atoms with Crippen molar-refractivity contribution < 1.29 is 19.1 Å². The molecule has 0 radical (unpaired) electrons. The number of hydrogen-bond donors (Lipinski definition) is 2. The van der Waals surface area contributed by atoms with Crippen LogP contribution in [0.4, 0.5) is 11.4 Å². The van der Waals surface area contributed by atoms with Crippen LogP contribution in [0.5, 0.6) is 0 Å². The highest BCUT2D eigenvalue weighted by molar-refractivity contribution is 6.31. The van der Waals surface area contributed by atoms with Gasteiger partial charge in [0.2, 0.25) is 5.91 Å². The maximum absolute atomic E-state index is 14.1. The van der Waals surface area contributed by atoms with E-state index in [9.17, 15) is 14.4 Å². The number of nitrogens with one attached hydrogen (secondary N) is 1. The number of allylic oxidation sites excluding steroid dienone is 1. The molecule has 0 fully saturated rings. The van der Waals surface area contributed by atoms with Crippen LogP contribution in [0.25, 0.3) is 0 Å². The number of esters is 1. The van der Waals surface area contributed by atoms with Crippen LogP contribution < -0.4 is 16.0 Å². The summed E-state index contributed by atoms with van der Waals surface area (Å²) < 4.78 is 5.48. The smallest absolute Gasteiger partial charge is 0.339 e. The molecule has 1 amide bonds. The molecule has 7 nitrogen and oxygen atoms in total. The van der Waals surface area contributed by atoms with Crippen molar-refractivity contribution in [3.63, 3.8) is 0 Å². The number of fused-ring (bicyclic) bond motifs is 3. The van der Waals surface area contributed by atoms with E-state index in [-0.39, 0.29) is 35.8 Å². The van der Waals surface area contributed by atoms with Crippen molar-refractivity contribution in [2.24, 2.45) is 11.1 Å². The number of aryl methyl sites for hydroxylation is 2. The van der Waals surface area contributed by atoms with Crippen LogP contribution >= 0.6 is 11.6 Å². The van der Waals surface area contributed by atoms with E-state index in [2.05, 4.69) is 5.32 Å². The molecule has 37 heavy (non-hydrogen) atoms. The number of nitrogens with two attached hydrogens (primary N) is 1. The number of anilines is 2. The number of Topliss-reactive ketones (excluding diaryl/α,β-unsaturated/α-hetero) is 1. The number of hydrogen-bond acceptors (Lipinski definition) is 6. The van der Waals surface area contributed by atoms with Gasteiger partial charge in [0.1, 0.15) is 16.8 Å². The molecule has 2 heterocycles. The molecule has 0 saturated heterocycles. The Morgan fingerprint density at radius 1 is 1.14 bits per heavy atom. The van der Waals surface area contributed by atoms with Crippen molar-refractivity contribution in [3.05, 3.63) is 80.8 Å². The Balaban J connectivity index is 1.95. The van der Waals surface area contributed by atoms with Crippen LogP contribution in [0.3, 0.4) is 0 Å². The molecule has 0 saturated carbocycles. The van der Waals surface area contributed by atoms with Crippen molar-refractivity contribution in [1.29, 1.82) is 0 Å². The highest BCUT2D eigenvalue weighted by atomic mass is 35.5. The first-order valence-corrected chi connectivity index (χ1v) is 12.7. The Morgan fingerprint density at radius 3 is 2.57 bits per heavy atom. The fraction of sp³-hybridized carbons (Fsp3) is 0.345. The van der Waals surface area contributed by atoms with Crippen LogP contribution in [-0.2, 0) is 24.5 Å². The highest BCUT2D eigenvalue weighted by Crippen LogP contribution is 2.57. The first-order valence-electron chi connectivity index (χ1n) is 12.4. The summed E-state index contributed by atoms with van der Waals surface area (Å²) in [5.74, 6) is -1.37. The van der Waals surface area contributed by atoms with Gasteiger partial charge in [0.05, 0.1) is 12.3 Å². The summed E-state index contributed by atoms with van der Waals surface area (Å²) in [6.45, 7) is 9.60. The predicted molar refractivity (Wildman–Crippen MR) is 143 cm³/mol. The van der Waals surface area contributed by atoms with E-state index in [1.54, 1.807) is 30.0 Å². The number of ketones is 1. The summed E-state index contributed by atoms with van der Waals surface area (Å²) in [7, 11) is 0. The van der Waals surface area contributed by atoms with Gasteiger partial charge in [-0.15, -0.1) is 0 Å². The summed E-state index contributed by atoms with van der Waals surface area (Å²) >= 11 is 6.40. The number of rotatable bonds is 3. The molecule has 1 unspecified atom stereocenters. The molecule has 2 aromatic rings. The van der Waals surface area contributed by atoms with Crippen molar-refractivity contribution >= 4 is 40.6 Å². The number of nitrogens with zero attached hydrogens (tertiary/aromatic N) is 1. The number of carbonyl (C=O) groups excluding carboxylic acids is 3. The quantitative estimate of drug-likeness (QED) is 0.551. The molecular formula is C29H30ClN3O4. The first-order chi connectivity index (χ1) is 17.4. The molecule has 0 bridgehead atoms. The van der Waals surface area contributed by atoms with Crippen LogP contribution in [-0.4, -0.2) is 24.3 Å². The summed E-state index contributed by atoms with van der Waals surface area (Å²) in [6, 6.07) is 10.9. The van der Waals surface area contributed by atoms with Crippen molar-refractivity contribution in [2.45, 2.75) is 52.9 Å². The van der Waals surface area contributed by atoms with Crippen molar-refractivity contribution in [2.75, 3.05) is 16.8 Å². The van der Waals surface area contributed by atoms with Gasteiger partial charge in [-0.05, 0) is 56.4 Å². The van der Waals surface area contributed by atoms with E-state index in [0.29, 0.717) is 34.1 Å². The highest BCUT2D eigenvalue weighted by Gasteiger charge is 2.63. The van der Waals surface area contributed by atoms with Crippen LogP contribution in [0.2, 0.25) is 5.02 Å². The second-order valence-electron chi connectivity index (χ2n) is 10.8. The molecule has 3 N–H and O–H groups in total. The summed E-state index contributed by atoms with van der Waals surface area (Å²) in [5, 5.41) is 3.40. The minimum Gasteiger partial charge on any atom is -0.462 e. The third-order valence-electron chi connectivity index (χ3n) is 7.43. The van der Waals surface area contributed by atoms with Crippen LogP contribution in [0.15, 0.2) is 59.1 Å². The van der Waals surface area contributed by atoms with Gasteiger partial charge in [0.15, 0.2) is 5.78 Å². The molecule has 1 aliphatic carbocycles. The van der Waals surface area contributed by atoms with Crippen LogP contribution in [0, 0.1) is 19.3 Å². The summed E-state index contributed by atoms with van der Waals surface area (Å²) in [4.78, 5) is 43.6. The van der Waals surface area contributed by atoms with Gasteiger partial charge in [-0.25, -0.2) is 4.79 Å². The van der Waals surface area contributed by atoms with E-state index in [1.165, 1.54) is 0 Å². The van der Waals surface area contributed by atoms with Gasteiger partial charge in [-0.1, -0.05) is 49.2 Å². The maximum atomic E-state index is 14.1. The molecule has 2 aromatic carbocycles. The molecule has 1 atom stereocenters. The van der Waals surface area contributed by atoms with Gasteiger partial charge in [0, 0.05) is 34.0 Å². The first kappa shape index (κ1) is 25.1. The Bertz CT molecular complexity index is 1460. The van der Waals surface area contributed by atoms with E-state index >= 15 is 0 Å². The number of halogens is 1. The van der Waals surface area contributed by atoms with Gasteiger partial charge in [-0.3, -0.25) is 14.5 Å². The minimum atomic E-state index is -1.72. The standard InChI is InChI=1S/C29H30ClN3O4/c1-6-37-26(35)24-25(31)33(20-12-17(30)9-8-16(20)3)21-13-28(4,5)14-22(34)23(21)29(24)18-11-15(2)7-10-19(18)32-27(29)36/h7-12H,6,13-14,31H2,1-5H3,(H,32,36). The normalized spacial score (nSPS) is 22.3. The number of carbonyl (C=O) groups is 3. The fourth-order valence-corrected chi connectivity index (χ4v) is 6.12. The average Bonchev–Trinajstić information content (AvgIpc) is 3.06. The molecule has 5 rings (SSSR count). The fourth-order valence-electron chi connectivity index (χ4n) is 5.95. The van der Waals surface area contributed by atoms with Crippen molar-refractivity contribution in [3.8, 4) is 0 Å². The monoisotopic (exact) mass is 519 g/mol. The molecular weight excluding hydrogens is 490 g/mol.